The number of aliphatic hydroxyl groups is 1. The van der Waals surface area contributed by atoms with Gasteiger partial charge in [-0.2, -0.15) is 0 Å². The van der Waals surface area contributed by atoms with Crippen LogP contribution < -0.4 is 5.32 Å². The molecule has 1 aromatic carbocycles. The van der Waals surface area contributed by atoms with Crippen molar-refractivity contribution in [3.8, 4) is 0 Å². The molecule has 0 radical (unpaired) electrons. The van der Waals surface area contributed by atoms with Gasteiger partial charge in [-0.05, 0) is 25.8 Å². The fourth-order valence-corrected chi connectivity index (χ4v) is 2.61. The van der Waals surface area contributed by atoms with Crippen molar-refractivity contribution < 1.29 is 19.4 Å². The quantitative estimate of drug-likeness (QED) is 0.754. The second kappa shape index (κ2) is 7.73. The van der Waals surface area contributed by atoms with Gasteiger partial charge >= 0.3 is 0 Å². The maximum absolute atomic E-state index is 12.4. The highest BCUT2D eigenvalue weighted by Crippen LogP contribution is 2.24. The van der Waals surface area contributed by atoms with Crippen molar-refractivity contribution in [2.75, 3.05) is 13.2 Å². The highest BCUT2D eigenvalue weighted by Gasteiger charge is 2.37. The van der Waals surface area contributed by atoms with E-state index < -0.39 is 18.0 Å². The molecule has 1 saturated heterocycles. The molecule has 0 aliphatic carbocycles. The second-order valence-corrected chi connectivity index (χ2v) is 6.17. The predicted octanol–water partition coefficient (Wildman–Crippen LogP) is 1.97. The number of carbonyl (C=O) groups excluding carboxylic acids is 1. The van der Waals surface area contributed by atoms with Gasteiger partial charge in [0.15, 0.2) is 5.79 Å². The lowest BCUT2D eigenvalue weighted by molar-refractivity contribution is -0.150. The van der Waals surface area contributed by atoms with E-state index in [1.807, 2.05) is 30.3 Å². The summed E-state index contributed by atoms with van der Waals surface area (Å²) >= 11 is 0. The molecule has 23 heavy (non-hydrogen) atoms. The van der Waals surface area contributed by atoms with E-state index in [1.54, 1.807) is 19.9 Å². The van der Waals surface area contributed by atoms with Crippen LogP contribution in [0.2, 0.25) is 0 Å². The van der Waals surface area contributed by atoms with Crippen LogP contribution in [0.15, 0.2) is 43.0 Å². The maximum atomic E-state index is 12.4. The summed E-state index contributed by atoms with van der Waals surface area (Å²) in [5.74, 6) is -1.13. The van der Waals surface area contributed by atoms with Crippen molar-refractivity contribution >= 4 is 5.91 Å². The van der Waals surface area contributed by atoms with Crippen molar-refractivity contribution in [3.63, 3.8) is 0 Å². The Morgan fingerprint density at radius 3 is 2.74 bits per heavy atom. The molecule has 1 aliphatic rings. The van der Waals surface area contributed by atoms with E-state index in [1.165, 1.54) is 0 Å². The fraction of sp³-hybridized carbons (Fsp3) is 0.500. The lowest BCUT2D eigenvalue weighted by atomic mass is 9.95. The molecule has 1 aliphatic heterocycles. The molecule has 5 nitrogen and oxygen atoms in total. The van der Waals surface area contributed by atoms with Gasteiger partial charge in [-0.1, -0.05) is 36.4 Å². The number of carbonyl (C=O) groups is 1. The average Bonchev–Trinajstić information content (AvgIpc) is 2.91. The van der Waals surface area contributed by atoms with Crippen LogP contribution in [0.3, 0.4) is 0 Å². The summed E-state index contributed by atoms with van der Waals surface area (Å²) in [7, 11) is 0. The smallest absolute Gasteiger partial charge is 0.227 e. The van der Waals surface area contributed by atoms with E-state index in [2.05, 4.69) is 11.9 Å². The molecule has 5 heteroatoms. The van der Waals surface area contributed by atoms with Gasteiger partial charge < -0.3 is 19.9 Å². The number of rotatable bonds is 7. The van der Waals surface area contributed by atoms with Gasteiger partial charge in [-0.3, -0.25) is 4.79 Å². The minimum absolute atomic E-state index is 0.128. The molecule has 0 bridgehead atoms. The summed E-state index contributed by atoms with van der Waals surface area (Å²) in [6, 6.07) is 9.55. The molecular weight excluding hydrogens is 294 g/mol. The molecule has 3 atom stereocenters. The summed E-state index contributed by atoms with van der Waals surface area (Å²) in [5, 5.41) is 13.0. The number of ether oxygens (including phenoxy) is 2. The zero-order valence-electron chi connectivity index (χ0n) is 13.7. The topological polar surface area (TPSA) is 67.8 Å². The Morgan fingerprint density at radius 1 is 1.48 bits per heavy atom. The molecule has 1 aromatic rings. The van der Waals surface area contributed by atoms with Crippen LogP contribution in [0, 0.1) is 0 Å². The molecule has 1 fully saturated rings. The van der Waals surface area contributed by atoms with E-state index in [0.29, 0.717) is 13.0 Å². The van der Waals surface area contributed by atoms with Crippen molar-refractivity contribution in [3.05, 3.63) is 48.6 Å². The third-order valence-electron chi connectivity index (χ3n) is 3.87. The summed E-state index contributed by atoms with van der Waals surface area (Å²) in [4.78, 5) is 12.4. The average molecular weight is 319 g/mol. The Hall–Kier alpha value is -1.69. The standard InChI is InChI=1S/C18H25NO4/c1-4-8-14(13-9-6-5-7-10-13)17(21)19-11-15(20)16-12-22-18(2,3)23-16/h4-7,9-10,14-16,20H,1,8,11-12H2,2-3H3,(H,19,21)/t14?,15?,16-/m1/s1. The molecule has 2 N–H and O–H groups in total. The molecule has 1 heterocycles. The van der Waals surface area contributed by atoms with E-state index in [0.717, 1.165) is 5.56 Å². The van der Waals surface area contributed by atoms with Crippen LogP contribution in [-0.4, -0.2) is 42.2 Å². The number of aliphatic hydroxyl groups excluding tert-OH is 1. The molecule has 0 aromatic heterocycles. The fourth-order valence-electron chi connectivity index (χ4n) is 2.61. The second-order valence-electron chi connectivity index (χ2n) is 6.17. The first-order valence-electron chi connectivity index (χ1n) is 7.86. The van der Waals surface area contributed by atoms with E-state index in [9.17, 15) is 9.90 Å². The Labute approximate surface area is 137 Å². The van der Waals surface area contributed by atoms with Crippen LogP contribution >= 0.6 is 0 Å². The van der Waals surface area contributed by atoms with Crippen LogP contribution in [0.5, 0.6) is 0 Å². The van der Waals surface area contributed by atoms with Crippen molar-refractivity contribution in [1.82, 2.24) is 5.32 Å². The first-order chi connectivity index (χ1) is 10.9. The highest BCUT2D eigenvalue weighted by molar-refractivity contribution is 5.83. The van der Waals surface area contributed by atoms with Gasteiger partial charge in [0, 0.05) is 6.54 Å². The van der Waals surface area contributed by atoms with Crippen LogP contribution in [-0.2, 0) is 14.3 Å². The number of hydrogen-bond acceptors (Lipinski definition) is 4. The monoisotopic (exact) mass is 319 g/mol. The molecule has 2 rings (SSSR count). The van der Waals surface area contributed by atoms with E-state index >= 15 is 0 Å². The first-order valence-corrected chi connectivity index (χ1v) is 7.86. The third kappa shape index (κ3) is 4.89. The van der Waals surface area contributed by atoms with Crippen LogP contribution in [0.25, 0.3) is 0 Å². The minimum Gasteiger partial charge on any atom is -0.388 e. The van der Waals surface area contributed by atoms with Crippen molar-refractivity contribution in [2.45, 2.75) is 44.2 Å². The number of amides is 1. The Kier molecular flexibility index (Phi) is 5.93. The number of allylic oxidation sites excluding steroid dienone is 1. The Bertz CT molecular complexity index is 529. The molecule has 0 spiro atoms. The maximum Gasteiger partial charge on any atom is 0.227 e. The number of benzene rings is 1. The van der Waals surface area contributed by atoms with Crippen molar-refractivity contribution in [2.24, 2.45) is 0 Å². The number of hydrogen-bond donors (Lipinski definition) is 2. The largest absolute Gasteiger partial charge is 0.388 e. The van der Waals surface area contributed by atoms with E-state index in [-0.39, 0.29) is 18.4 Å². The minimum atomic E-state index is -0.805. The van der Waals surface area contributed by atoms with Crippen molar-refractivity contribution in [1.29, 1.82) is 0 Å². The van der Waals surface area contributed by atoms with Gasteiger partial charge in [0.25, 0.3) is 0 Å². The zero-order chi connectivity index (χ0) is 16.9. The lowest BCUT2D eigenvalue weighted by Gasteiger charge is -2.22. The highest BCUT2D eigenvalue weighted by atomic mass is 16.7. The molecular formula is C18H25NO4. The van der Waals surface area contributed by atoms with Gasteiger partial charge in [0.05, 0.1) is 18.6 Å². The molecule has 0 saturated carbocycles. The summed E-state index contributed by atoms with van der Waals surface area (Å²) in [6.07, 6.45) is 1.03. The number of nitrogens with one attached hydrogen (secondary N) is 1. The Morgan fingerprint density at radius 2 is 2.17 bits per heavy atom. The van der Waals surface area contributed by atoms with Crippen LogP contribution in [0.1, 0.15) is 31.7 Å². The third-order valence-corrected chi connectivity index (χ3v) is 3.87. The Balaban J connectivity index is 1.90. The summed E-state index contributed by atoms with van der Waals surface area (Å²) in [5.41, 5.74) is 0.931. The SMILES string of the molecule is C=CCC(C(=O)NCC(O)[C@H]1COC(C)(C)O1)c1ccccc1. The summed E-state index contributed by atoms with van der Waals surface area (Å²) in [6.45, 7) is 7.76. The normalized spacial score (nSPS) is 22.3. The van der Waals surface area contributed by atoms with Gasteiger partial charge in [-0.25, -0.2) is 0 Å². The first kappa shape index (κ1) is 17.7. The van der Waals surface area contributed by atoms with Crippen LogP contribution in [0.4, 0.5) is 0 Å². The zero-order valence-corrected chi connectivity index (χ0v) is 13.7. The lowest BCUT2D eigenvalue weighted by Crippen LogP contribution is -2.42. The molecule has 2 unspecified atom stereocenters. The predicted molar refractivity (Wildman–Crippen MR) is 87.9 cm³/mol. The summed E-state index contributed by atoms with van der Waals surface area (Å²) < 4.78 is 11.0. The van der Waals surface area contributed by atoms with Gasteiger partial charge in [-0.15, -0.1) is 6.58 Å². The molecule has 126 valence electrons. The van der Waals surface area contributed by atoms with Gasteiger partial charge in [0.2, 0.25) is 5.91 Å². The van der Waals surface area contributed by atoms with E-state index in [4.69, 9.17) is 9.47 Å². The molecule has 1 amide bonds. The van der Waals surface area contributed by atoms with Gasteiger partial charge in [0.1, 0.15) is 6.10 Å².